The summed E-state index contributed by atoms with van der Waals surface area (Å²) in [7, 11) is 0. The minimum Gasteiger partial charge on any atom is -0.483 e. The fourth-order valence-corrected chi connectivity index (χ4v) is 2.87. The van der Waals surface area contributed by atoms with Crippen LogP contribution in [0.1, 0.15) is 27.0 Å². The smallest absolute Gasteiger partial charge is 0.262 e. The fraction of sp³-hybridized carbons (Fsp3) is 0.167. The number of rotatable bonds is 6. The van der Waals surface area contributed by atoms with Crippen molar-refractivity contribution in [3.8, 4) is 5.75 Å². The van der Waals surface area contributed by atoms with Gasteiger partial charge in [-0.3, -0.25) is 9.59 Å². The first-order valence-electron chi connectivity index (χ1n) is 9.39. The van der Waals surface area contributed by atoms with Crippen LogP contribution in [0, 0.1) is 20.8 Å². The normalized spacial score (nSPS) is 10.3. The van der Waals surface area contributed by atoms with Crippen LogP contribution >= 0.6 is 0 Å². The van der Waals surface area contributed by atoms with Gasteiger partial charge in [0.1, 0.15) is 5.75 Å². The van der Waals surface area contributed by atoms with Crippen LogP contribution < -0.4 is 15.4 Å². The van der Waals surface area contributed by atoms with E-state index < -0.39 is 0 Å². The van der Waals surface area contributed by atoms with E-state index in [-0.39, 0.29) is 18.4 Å². The summed E-state index contributed by atoms with van der Waals surface area (Å²) in [6.45, 7) is 5.76. The molecule has 0 saturated heterocycles. The summed E-state index contributed by atoms with van der Waals surface area (Å²) in [4.78, 5) is 24.7. The molecule has 2 N–H and O–H groups in total. The van der Waals surface area contributed by atoms with Gasteiger partial charge in [-0.1, -0.05) is 30.3 Å². The van der Waals surface area contributed by atoms with Crippen LogP contribution in [-0.2, 0) is 4.79 Å². The number of carbonyl (C=O) groups is 2. The number of nitrogens with one attached hydrogen (secondary N) is 2. The maximum atomic E-state index is 12.5. The third kappa shape index (κ3) is 5.69. The lowest BCUT2D eigenvalue weighted by Gasteiger charge is -2.11. The zero-order chi connectivity index (χ0) is 20.8. The zero-order valence-corrected chi connectivity index (χ0v) is 16.8. The summed E-state index contributed by atoms with van der Waals surface area (Å²) in [6.07, 6.45) is 0. The van der Waals surface area contributed by atoms with Gasteiger partial charge in [0.15, 0.2) is 6.61 Å². The Hall–Kier alpha value is -3.60. The van der Waals surface area contributed by atoms with Crippen molar-refractivity contribution in [3.63, 3.8) is 0 Å². The summed E-state index contributed by atoms with van der Waals surface area (Å²) in [5.74, 6) is 0.159. The molecule has 29 heavy (non-hydrogen) atoms. The molecule has 0 aromatic heterocycles. The molecule has 0 aliphatic heterocycles. The van der Waals surface area contributed by atoms with Crippen molar-refractivity contribution in [2.24, 2.45) is 0 Å². The van der Waals surface area contributed by atoms with Gasteiger partial charge in [0, 0.05) is 16.9 Å². The van der Waals surface area contributed by atoms with Crippen molar-refractivity contribution < 1.29 is 14.3 Å². The molecular weight excluding hydrogens is 364 g/mol. The highest BCUT2D eigenvalue weighted by Gasteiger charge is 2.10. The number of anilines is 2. The predicted octanol–water partition coefficient (Wildman–Crippen LogP) is 4.88. The molecule has 0 radical (unpaired) electrons. The first kappa shape index (κ1) is 20.1. The molecule has 3 rings (SSSR count). The summed E-state index contributed by atoms with van der Waals surface area (Å²) in [6, 6.07) is 20.2. The Morgan fingerprint density at radius 1 is 0.793 bits per heavy atom. The van der Waals surface area contributed by atoms with Crippen molar-refractivity contribution >= 4 is 23.2 Å². The van der Waals surface area contributed by atoms with E-state index in [0.29, 0.717) is 17.0 Å². The van der Waals surface area contributed by atoms with E-state index in [2.05, 4.69) is 10.6 Å². The topological polar surface area (TPSA) is 67.4 Å². The van der Waals surface area contributed by atoms with Gasteiger partial charge in [-0.2, -0.15) is 0 Å². The Morgan fingerprint density at radius 3 is 2.24 bits per heavy atom. The summed E-state index contributed by atoms with van der Waals surface area (Å²) in [5.41, 5.74) is 4.83. The average Bonchev–Trinajstić information content (AvgIpc) is 2.69. The number of hydrogen-bond acceptors (Lipinski definition) is 3. The van der Waals surface area contributed by atoms with Crippen molar-refractivity contribution in [2.45, 2.75) is 20.8 Å². The Bertz CT molecular complexity index is 1040. The molecule has 0 fully saturated rings. The highest BCUT2D eigenvalue weighted by atomic mass is 16.5. The fourth-order valence-electron chi connectivity index (χ4n) is 2.87. The monoisotopic (exact) mass is 388 g/mol. The predicted molar refractivity (Wildman–Crippen MR) is 116 cm³/mol. The van der Waals surface area contributed by atoms with E-state index in [9.17, 15) is 9.59 Å². The molecule has 0 bridgehead atoms. The number of hydrogen-bond donors (Lipinski definition) is 2. The van der Waals surface area contributed by atoms with Gasteiger partial charge >= 0.3 is 0 Å². The Kier molecular flexibility index (Phi) is 6.29. The van der Waals surface area contributed by atoms with Crippen LogP contribution in [-0.4, -0.2) is 18.4 Å². The first-order chi connectivity index (χ1) is 13.9. The average molecular weight is 388 g/mol. The maximum absolute atomic E-state index is 12.5. The van der Waals surface area contributed by atoms with Crippen LogP contribution in [0.3, 0.4) is 0 Å². The second-order valence-electron chi connectivity index (χ2n) is 7.01. The number of carbonyl (C=O) groups excluding carboxylic acids is 2. The van der Waals surface area contributed by atoms with Crippen LogP contribution in [0.15, 0.2) is 66.7 Å². The molecule has 0 heterocycles. The standard InChI is InChI=1S/C24H24N2O3/c1-16-6-4-8-20(12-16)26-24(28)19-7-5-9-21(14-19)25-23(27)15-29-22-13-17(2)10-11-18(22)3/h4-14H,15H2,1-3H3,(H,25,27)(H,26,28). The van der Waals surface area contributed by atoms with E-state index in [4.69, 9.17) is 4.74 Å². The van der Waals surface area contributed by atoms with E-state index in [1.165, 1.54) is 0 Å². The molecular formula is C24H24N2O3. The molecule has 3 aromatic carbocycles. The molecule has 0 saturated carbocycles. The highest BCUT2D eigenvalue weighted by Crippen LogP contribution is 2.19. The van der Waals surface area contributed by atoms with Gasteiger partial charge in [0.25, 0.3) is 11.8 Å². The van der Waals surface area contributed by atoms with Gasteiger partial charge < -0.3 is 15.4 Å². The van der Waals surface area contributed by atoms with Crippen molar-refractivity contribution in [2.75, 3.05) is 17.2 Å². The molecule has 0 aliphatic carbocycles. The Morgan fingerprint density at radius 2 is 1.48 bits per heavy atom. The lowest BCUT2D eigenvalue weighted by atomic mass is 10.1. The third-order valence-electron chi connectivity index (χ3n) is 4.39. The highest BCUT2D eigenvalue weighted by molar-refractivity contribution is 6.05. The Balaban J connectivity index is 1.61. The zero-order valence-electron chi connectivity index (χ0n) is 16.8. The van der Waals surface area contributed by atoms with Gasteiger partial charge in [-0.15, -0.1) is 0 Å². The second kappa shape index (κ2) is 9.06. The lowest BCUT2D eigenvalue weighted by molar-refractivity contribution is -0.118. The minimum atomic E-state index is -0.290. The van der Waals surface area contributed by atoms with Crippen LogP contribution in [0.25, 0.3) is 0 Å². The molecule has 5 nitrogen and oxygen atoms in total. The molecule has 0 aliphatic rings. The number of aryl methyl sites for hydroxylation is 3. The van der Waals surface area contributed by atoms with Crippen LogP contribution in [0.4, 0.5) is 11.4 Å². The van der Waals surface area contributed by atoms with Crippen molar-refractivity contribution in [3.05, 3.63) is 89.0 Å². The molecule has 0 unspecified atom stereocenters. The van der Waals surface area contributed by atoms with Gasteiger partial charge in [0.05, 0.1) is 0 Å². The molecule has 2 amide bonds. The molecule has 5 heteroatoms. The first-order valence-corrected chi connectivity index (χ1v) is 9.39. The SMILES string of the molecule is Cc1cccc(NC(=O)c2cccc(NC(=O)COc3cc(C)ccc3C)c2)c1. The van der Waals surface area contributed by atoms with Crippen molar-refractivity contribution in [1.29, 1.82) is 0 Å². The van der Waals surface area contributed by atoms with Crippen molar-refractivity contribution in [1.82, 2.24) is 0 Å². The van der Waals surface area contributed by atoms with Crippen LogP contribution in [0.2, 0.25) is 0 Å². The minimum absolute atomic E-state index is 0.107. The Labute approximate surface area is 170 Å². The van der Waals surface area contributed by atoms with Gasteiger partial charge in [-0.25, -0.2) is 0 Å². The maximum Gasteiger partial charge on any atom is 0.262 e. The van der Waals surface area contributed by atoms with Gasteiger partial charge in [-0.05, 0) is 73.9 Å². The van der Waals surface area contributed by atoms with E-state index >= 15 is 0 Å². The number of benzene rings is 3. The third-order valence-corrected chi connectivity index (χ3v) is 4.39. The van der Waals surface area contributed by atoms with Crippen LogP contribution in [0.5, 0.6) is 5.75 Å². The quantitative estimate of drug-likeness (QED) is 0.632. The summed E-state index contributed by atoms with van der Waals surface area (Å²) < 4.78 is 5.63. The number of ether oxygens (including phenoxy) is 1. The van der Waals surface area contributed by atoms with E-state index in [1.807, 2.05) is 63.2 Å². The molecule has 148 valence electrons. The lowest BCUT2D eigenvalue weighted by Crippen LogP contribution is -2.21. The largest absolute Gasteiger partial charge is 0.483 e. The van der Waals surface area contributed by atoms with Gasteiger partial charge in [0.2, 0.25) is 0 Å². The summed E-state index contributed by atoms with van der Waals surface area (Å²) in [5, 5.41) is 5.63. The molecule has 0 atom stereocenters. The number of amides is 2. The van der Waals surface area contributed by atoms with E-state index in [0.717, 1.165) is 22.4 Å². The second-order valence-corrected chi connectivity index (χ2v) is 7.01. The van der Waals surface area contributed by atoms with E-state index in [1.54, 1.807) is 24.3 Å². The molecule has 0 spiro atoms. The summed E-state index contributed by atoms with van der Waals surface area (Å²) >= 11 is 0. The molecule has 3 aromatic rings.